The van der Waals surface area contributed by atoms with Crippen LogP contribution in [0.3, 0.4) is 0 Å². The summed E-state index contributed by atoms with van der Waals surface area (Å²) in [6.45, 7) is 6.45. The average Bonchev–Trinajstić information content (AvgIpc) is 2.80. The predicted octanol–water partition coefficient (Wildman–Crippen LogP) is 5.58. The highest BCUT2D eigenvalue weighted by Gasteiger charge is 2.21. The van der Waals surface area contributed by atoms with Crippen LogP contribution in [0.25, 0.3) is 10.1 Å². The van der Waals surface area contributed by atoms with E-state index in [9.17, 15) is 9.18 Å². The third-order valence-corrected chi connectivity index (χ3v) is 5.35. The second-order valence-electron chi connectivity index (χ2n) is 5.58. The zero-order chi connectivity index (χ0) is 16.1. The Morgan fingerprint density at radius 2 is 2.14 bits per heavy atom. The van der Waals surface area contributed by atoms with Crippen LogP contribution in [0.5, 0.6) is 0 Å². The number of halogens is 1. The number of esters is 1. The number of fused-ring (bicyclic) bond motifs is 1. The van der Waals surface area contributed by atoms with E-state index in [0.717, 1.165) is 29.3 Å². The van der Waals surface area contributed by atoms with Crippen LogP contribution in [0.1, 0.15) is 55.9 Å². The van der Waals surface area contributed by atoms with Gasteiger partial charge in [-0.3, -0.25) is 4.79 Å². The highest BCUT2D eigenvalue weighted by atomic mass is 32.1. The first kappa shape index (κ1) is 16.9. The summed E-state index contributed by atoms with van der Waals surface area (Å²) in [6, 6.07) is 4.91. The van der Waals surface area contributed by atoms with Gasteiger partial charge < -0.3 is 4.74 Å². The van der Waals surface area contributed by atoms with Gasteiger partial charge in [-0.1, -0.05) is 25.8 Å². The van der Waals surface area contributed by atoms with Crippen LogP contribution in [0, 0.1) is 12.7 Å². The van der Waals surface area contributed by atoms with Crippen LogP contribution in [0.2, 0.25) is 0 Å². The molecular formula is C18H23FO2S. The van der Waals surface area contributed by atoms with Crippen molar-refractivity contribution in [2.24, 2.45) is 0 Å². The van der Waals surface area contributed by atoms with Gasteiger partial charge in [0.05, 0.1) is 13.0 Å². The first-order valence-electron chi connectivity index (χ1n) is 7.91. The molecule has 1 aromatic carbocycles. The summed E-state index contributed by atoms with van der Waals surface area (Å²) in [6.07, 6.45) is 3.54. The smallest absolute Gasteiger partial charge is 0.306 e. The molecule has 0 aliphatic heterocycles. The minimum Gasteiger partial charge on any atom is -0.466 e. The molecule has 1 unspecified atom stereocenters. The van der Waals surface area contributed by atoms with E-state index in [2.05, 4.69) is 13.8 Å². The summed E-state index contributed by atoms with van der Waals surface area (Å²) < 4.78 is 19.5. The molecule has 1 heterocycles. The van der Waals surface area contributed by atoms with Crippen LogP contribution in [-0.4, -0.2) is 12.6 Å². The molecule has 2 rings (SSSR count). The lowest BCUT2D eigenvalue weighted by molar-refractivity contribution is -0.143. The van der Waals surface area contributed by atoms with Crippen molar-refractivity contribution in [3.63, 3.8) is 0 Å². The molecule has 0 aliphatic rings. The number of carbonyl (C=O) groups excluding carboxylic acids is 1. The SMILES string of the molecule is CCCCC(CC(=O)OCC)c1sc2cc(F)ccc2c1C. The van der Waals surface area contributed by atoms with Crippen LogP contribution < -0.4 is 0 Å². The Labute approximate surface area is 135 Å². The van der Waals surface area contributed by atoms with E-state index in [4.69, 9.17) is 4.74 Å². The third kappa shape index (κ3) is 3.86. The van der Waals surface area contributed by atoms with Crippen molar-refractivity contribution >= 4 is 27.4 Å². The van der Waals surface area contributed by atoms with Gasteiger partial charge in [0.2, 0.25) is 0 Å². The maximum absolute atomic E-state index is 13.4. The molecule has 2 aromatic rings. The van der Waals surface area contributed by atoms with E-state index in [-0.39, 0.29) is 17.7 Å². The topological polar surface area (TPSA) is 26.3 Å². The fourth-order valence-corrected chi connectivity index (χ4v) is 4.18. The lowest BCUT2D eigenvalue weighted by atomic mass is 9.94. The van der Waals surface area contributed by atoms with Crippen molar-refractivity contribution in [2.75, 3.05) is 6.61 Å². The highest BCUT2D eigenvalue weighted by molar-refractivity contribution is 7.19. The van der Waals surface area contributed by atoms with Gasteiger partial charge in [-0.25, -0.2) is 4.39 Å². The molecule has 0 spiro atoms. The van der Waals surface area contributed by atoms with Gasteiger partial charge in [0.1, 0.15) is 5.82 Å². The molecule has 120 valence electrons. The van der Waals surface area contributed by atoms with E-state index in [1.165, 1.54) is 16.5 Å². The Bertz CT molecular complexity index is 648. The number of benzene rings is 1. The number of unbranched alkanes of at least 4 members (excludes halogenated alkanes) is 1. The second kappa shape index (κ2) is 7.73. The third-order valence-electron chi connectivity index (χ3n) is 3.93. The van der Waals surface area contributed by atoms with Gasteiger partial charge in [-0.05, 0) is 43.4 Å². The summed E-state index contributed by atoms with van der Waals surface area (Å²) in [5.74, 6) is -0.193. The summed E-state index contributed by atoms with van der Waals surface area (Å²) in [5, 5.41) is 1.09. The molecule has 1 atom stereocenters. The minimum atomic E-state index is -0.212. The lowest BCUT2D eigenvalue weighted by Gasteiger charge is -2.15. The number of hydrogen-bond donors (Lipinski definition) is 0. The van der Waals surface area contributed by atoms with Crippen molar-refractivity contribution in [1.29, 1.82) is 0 Å². The molecule has 0 amide bonds. The van der Waals surface area contributed by atoms with Gasteiger partial charge in [-0.15, -0.1) is 11.3 Å². The number of ether oxygens (including phenoxy) is 1. The Balaban J connectivity index is 2.33. The summed E-state index contributed by atoms with van der Waals surface area (Å²) in [4.78, 5) is 13.1. The summed E-state index contributed by atoms with van der Waals surface area (Å²) in [5.41, 5.74) is 1.17. The Morgan fingerprint density at radius 3 is 2.82 bits per heavy atom. The molecule has 4 heteroatoms. The molecule has 0 aliphatic carbocycles. The zero-order valence-corrected chi connectivity index (χ0v) is 14.3. The first-order valence-corrected chi connectivity index (χ1v) is 8.72. The van der Waals surface area contributed by atoms with Crippen molar-refractivity contribution in [2.45, 2.75) is 52.4 Å². The maximum Gasteiger partial charge on any atom is 0.306 e. The summed E-state index contributed by atoms with van der Waals surface area (Å²) >= 11 is 1.61. The van der Waals surface area contributed by atoms with E-state index in [0.29, 0.717) is 13.0 Å². The van der Waals surface area contributed by atoms with Crippen LogP contribution in [0.15, 0.2) is 18.2 Å². The first-order chi connectivity index (χ1) is 10.6. The molecule has 0 fully saturated rings. The van der Waals surface area contributed by atoms with Gasteiger partial charge in [0, 0.05) is 15.5 Å². The fraction of sp³-hybridized carbons (Fsp3) is 0.500. The van der Waals surface area contributed by atoms with Crippen LogP contribution in [-0.2, 0) is 9.53 Å². The van der Waals surface area contributed by atoms with E-state index < -0.39 is 0 Å². The molecule has 0 saturated carbocycles. The zero-order valence-electron chi connectivity index (χ0n) is 13.4. The molecule has 22 heavy (non-hydrogen) atoms. The largest absolute Gasteiger partial charge is 0.466 e. The van der Waals surface area contributed by atoms with Crippen LogP contribution >= 0.6 is 11.3 Å². The average molecular weight is 322 g/mol. The van der Waals surface area contributed by atoms with Crippen molar-refractivity contribution in [3.8, 4) is 0 Å². The van der Waals surface area contributed by atoms with Crippen LogP contribution in [0.4, 0.5) is 4.39 Å². The normalized spacial score (nSPS) is 12.5. The fourth-order valence-electron chi connectivity index (χ4n) is 2.81. The van der Waals surface area contributed by atoms with Crippen molar-refractivity contribution in [3.05, 3.63) is 34.5 Å². The summed E-state index contributed by atoms with van der Waals surface area (Å²) in [7, 11) is 0. The quantitative estimate of drug-likeness (QED) is 0.622. The molecular weight excluding hydrogens is 299 g/mol. The van der Waals surface area contributed by atoms with Gasteiger partial charge >= 0.3 is 5.97 Å². The molecule has 0 N–H and O–H groups in total. The van der Waals surface area contributed by atoms with Crippen molar-refractivity contribution < 1.29 is 13.9 Å². The van der Waals surface area contributed by atoms with E-state index in [1.807, 2.05) is 13.0 Å². The molecule has 1 aromatic heterocycles. The van der Waals surface area contributed by atoms with Crippen molar-refractivity contribution in [1.82, 2.24) is 0 Å². The standard InChI is InChI=1S/C18H23FO2S/c1-4-6-7-13(10-17(20)21-5-2)18-12(3)15-9-8-14(19)11-16(15)22-18/h8-9,11,13H,4-7,10H2,1-3H3. The van der Waals surface area contributed by atoms with E-state index >= 15 is 0 Å². The number of carbonyl (C=O) groups is 1. The number of rotatable bonds is 7. The molecule has 0 bridgehead atoms. The Morgan fingerprint density at radius 1 is 1.36 bits per heavy atom. The van der Waals surface area contributed by atoms with Gasteiger partial charge in [0.25, 0.3) is 0 Å². The van der Waals surface area contributed by atoms with Gasteiger partial charge in [0.15, 0.2) is 0 Å². The van der Waals surface area contributed by atoms with E-state index in [1.54, 1.807) is 17.4 Å². The second-order valence-corrected chi connectivity index (χ2v) is 6.66. The van der Waals surface area contributed by atoms with Gasteiger partial charge in [-0.2, -0.15) is 0 Å². The maximum atomic E-state index is 13.4. The number of aryl methyl sites for hydroxylation is 1. The highest BCUT2D eigenvalue weighted by Crippen LogP contribution is 2.39. The molecule has 0 saturated heterocycles. The molecule has 0 radical (unpaired) electrons. The number of thiophene rings is 1. The molecule has 2 nitrogen and oxygen atoms in total. The minimum absolute atomic E-state index is 0.147. The monoisotopic (exact) mass is 322 g/mol. The number of hydrogen-bond acceptors (Lipinski definition) is 3. The predicted molar refractivity (Wildman–Crippen MR) is 90.0 cm³/mol. The lowest BCUT2D eigenvalue weighted by Crippen LogP contribution is -2.10. The Hall–Kier alpha value is -1.42. The Kier molecular flexibility index (Phi) is 5.95.